The Bertz CT molecular complexity index is 4180. The van der Waals surface area contributed by atoms with Gasteiger partial charge in [-0.1, -0.05) is 27.7 Å². The first-order valence-electron chi connectivity index (χ1n) is 27.3. The van der Waals surface area contributed by atoms with Gasteiger partial charge in [-0.25, -0.2) is 39.9 Å². The molecule has 29 heteroatoms. The third-order valence-corrected chi connectivity index (χ3v) is 13.8. The molecule has 0 spiro atoms. The number of hydrogen-bond donors (Lipinski definition) is 3. The fourth-order valence-corrected chi connectivity index (χ4v) is 9.40. The van der Waals surface area contributed by atoms with Crippen LogP contribution in [0.5, 0.6) is 23.0 Å². The van der Waals surface area contributed by atoms with Crippen molar-refractivity contribution in [3.63, 3.8) is 0 Å². The molecule has 91 heavy (non-hydrogen) atoms. The monoisotopic (exact) mass is 1680 g/mol. The van der Waals surface area contributed by atoms with Gasteiger partial charge < -0.3 is 25.4 Å². The van der Waals surface area contributed by atoms with E-state index in [9.17, 15) is 34.2 Å². The number of phenols is 2. The van der Waals surface area contributed by atoms with Crippen LogP contribution in [0, 0.1) is 0 Å². The Morgan fingerprint density at radius 2 is 0.835 bits per heavy atom. The Morgan fingerprint density at radius 1 is 0.505 bits per heavy atom. The summed E-state index contributed by atoms with van der Waals surface area (Å²) in [6, 6.07) is 30.3. The highest BCUT2D eigenvalue weighted by Gasteiger charge is 2.24. The lowest BCUT2D eigenvalue weighted by Crippen LogP contribution is -2.08. The van der Waals surface area contributed by atoms with Gasteiger partial charge in [0.25, 0.3) is 0 Å². The molecule has 0 aliphatic rings. The highest BCUT2D eigenvalue weighted by Crippen LogP contribution is 2.34. The van der Waals surface area contributed by atoms with Crippen LogP contribution in [0.15, 0.2) is 168 Å². The predicted octanol–water partition coefficient (Wildman–Crippen LogP) is 14.7. The van der Waals surface area contributed by atoms with E-state index in [1.165, 1.54) is 12.1 Å². The number of carbonyl (C=O) groups is 5. The number of phenolic OH excluding ortho intramolecular Hbond substituents is 2. The maximum atomic E-state index is 12.9. The standard InChI is InChI=1S/C16H15N3O2.C15H11Br2N3O2.C15H13N3O2.C12H14O3.C4H5N3.BBr3.Br2/c1-3-13-14(19-10-4-9-17-16(19)18-13)15(20)11-5-7-12(21-2)8-6-11;1-2-11-12(20-5-3-4-18-15(20)19-11)13(21)8-6-9(16)14(22)10(17)7-8;1-2-12-13(18-9-3-8-16-15(18)17-12)14(20)10-4-6-11(19)7-5-10;1-3-10(13)8-12(14)9-4-6-11(15-2)7-5-9;5-4-6-2-1-3-7-4;2-1(3)4;1-2/h4-10H,3H2,1-2H3;3-7,22H,2H2,1H3;3-9,19H,2H2,1H3;4-7H,3,8H2,1-2H3;1-3H,(H2,5,6,7);;. The average Bonchev–Trinajstić information content (AvgIpc) is 1.70. The van der Waals surface area contributed by atoms with E-state index in [1.54, 1.807) is 175 Å². The smallest absolute Gasteiger partial charge is 0.369 e. The lowest BCUT2D eigenvalue weighted by Gasteiger charge is -2.06. The number of aromatic hydroxyl groups is 2. The fourth-order valence-electron chi connectivity index (χ4n) is 8.22. The molecule has 11 aromatic rings. The largest absolute Gasteiger partial charge is 0.508 e. The van der Waals surface area contributed by atoms with Gasteiger partial charge in [-0.3, -0.25) is 37.2 Å². The molecule has 0 fully saturated rings. The number of ketones is 5. The van der Waals surface area contributed by atoms with Crippen LogP contribution in [0.2, 0.25) is 0 Å². The number of nitrogens with two attached hydrogens (primary N) is 1. The Morgan fingerprint density at radius 3 is 1.15 bits per heavy atom. The molecule has 4 N–H and O–H groups in total. The molecule has 0 saturated heterocycles. The Labute approximate surface area is 581 Å². The molecular weight excluding hydrogens is 1630 g/mol. The summed E-state index contributed by atoms with van der Waals surface area (Å²) < 4.78 is 16.4. The summed E-state index contributed by atoms with van der Waals surface area (Å²) >= 11 is 21.3. The van der Waals surface area contributed by atoms with Crippen molar-refractivity contribution in [3.05, 3.63) is 224 Å². The number of Topliss-reactive ketones (excluding diaryl/α,β-unsaturated/α-hetero) is 2. The van der Waals surface area contributed by atoms with Crippen LogP contribution in [0.1, 0.15) is 116 Å². The van der Waals surface area contributed by atoms with Crippen LogP contribution >= 0.6 is 107 Å². The summed E-state index contributed by atoms with van der Waals surface area (Å²) in [6.45, 7) is 7.63. The molecule has 0 unspecified atom stereocenters. The molecule has 0 aliphatic heterocycles. The van der Waals surface area contributed by atoms with Gasteiger partial charge in [0.15, 0.2) is 5.78 Å². The number of aromatic nitrogens is 11. The predicted molar refractivity (Wildman–Crippen MR) is 376 cm³/mol. The maximum Gasteiger partial charge on any atom is 0.369 e. The van der Waals surface area contributed by atoms with Gasteiger partial charge in [0.05, 0.1) is 46.7 Å². The lowest BCUT2D eigenvalue weighted by molar-refractivity contribution is -0.117. The van der Waals surface area contributed by atoms with Crippen LogP contribution in [0.25, 0.3) is 17.3 Å². The van der Waals surface area contributed by atoms with E-state index >= 15 is 0 Å². The molecular formula is C62H58BBr7N12O9. The number of methoxy groups -OCH3 is 2. The fraction of sp³-hybridized carbons (Fsp3) is 0.177. The van der Waals surface area contributed by atoms with Crippen LogP contribution in [0.3, 0.4) is 0 Å². The third-order valence-electron chi connectivity index (χ3n) is 12.6. The van der Waals surface area contributed by atoms with E-state index in [1.807, 2.05) is 27.0 Å². The number of imidazole rings is 3. The van der Waals surface area contributed by atoms with Gasteiger partial charge in [0.2, 0.25) is 40.6 Å². The van der Waals surface area contributed by atoms with Gasteiger partial charge in [-0.15, -0.1) is 47.3 Å². The van der Waals surface area contributed by atoms with Gasteiger partial charge in [0.1, 0.15) is 45.9 Å². The zero-order valence-electron chi connectivity index (χ0n) is 49.5. The lowest BCUT2D eigenvalue weighted by atomic mass is 10.1. The van der Waals surface area contributed by atoms with Crippen molar-refractivity contribution < 1.29 is 43.7 Å². The number of ether oxygens (including phenoxy) is 2. The number of hydrogen-bond acceptors (Lipinski definition) is 18. The van der Waals surface area contributed by atoms with Gasteiger partial charge in [-0.05, 0) is 160 Å². The van der Waals surface area contributed by atoms with Crippen LogP contribution in [-0.2, 0) is 24.1 Å². The summed E-state index contributed by atoms with van der Waals surface area (Å²) in [4.78, 5) is 94.0. The van der Waals surface area contributed by atoms with E-state index in [0.29, 0.717) is 109 Å². The summed E-state index contributed by atoms with van der Waals surface area (Å²) in [5.74, 6) is 3.00. The maximum absolute atomic E-state index is 12.9. The second-order valence-corrected chi connectivity index (χ2v) is 26.4. The highest BCUT2D eigenvalue weighted by atomic mass is 80.9. The van der Waals surface area contributed by atoms with Crippen molar-refractivity contribution >= 4 is 163 Å². The van der Waals surface area contributed by atoms with Crippen molar-refractivity contribution in [1.82, 2.24) is 53.1 Å². The number of anilines is 1. The number of nitrogens with zero attached hydrogens (tertiary/aromatic N) is 11. The van der Waals surface area contributed by atoms with Crippen molar-refractivity contribution in [1.29, 1.82) is 0 Å². The highest BCUT2D eigenvalue weighted by molar-refractivity contribution is 9.93. The normalized spacial score (nSPS) is 10.2. The summed E-state index contributed by atoms with van der Waals surface area (Å²) in [7, 11) is 3.17. The van der Waals surface area contributed by atoms with Crippen LogP contribution in [-0.4, -0.2) is 110 Å². The average molecular weight is 1690 g/mol. The number of nitrogen functional groups attached to an aromatic ring is 1. The number of aryl methyl sites for hydroxylation is 3. The Balaban J connectivity index is 0.000000208. The van der Waals surface area contributed by atoms with Crippen LogP contribution < -0.4 is 15.2 Å². The van der Waals surface area contributed by atoms with Gasteiger partial charge in [0, 0.05) is 107 Å². The molecule has 4 aromatic carbocycles. The second-order valence-electron chi connectivity index (χ2n) is 18.3. The quantitative estimate of drug-likeness (QED) is 0.0488. The minimum atomic E-state index is -0.168. The van der Waals surface area contributed by atoms with Crippen molar-refractivity contribution in [3.8, 4) is 23.0 Å². The van der Waals surface area contributed by atoms with E-state index < -0.39 is 0 Å². The third kappa shape index (κ3) is 21.1. The Kier molecular flexibility index (Phi) is 30.9. The molecule has 472 valence electrons. The molecule has 0 radical (unpaired) electrons. The van der Waals surface area contributed by atoms with E-state index in [4.69, 9.17) is 15.2 Å². The summed E-state index contributed by atoms with van der Waals surface area (Å²) in [6.07, 6.45) is 15.9. The molecule has 0 aliphatic carbocycles. The minimum Gasteiger partial charge on any atom is -0.508 e. The molecule has 0 amide bonds. The number of carbonyl (C=O) groups excluding carboxylic acids is 5. The SMILES string of the molecule is BrB(Br)Br.BrBr.CCC(=O)CC(=O)c1ccc(OC)cc1.CCc1nc2ncccn2c1C(=O)c1cc(Br)c(O)c(Br)c1.CCc1nc2ncccn2c1C(=O)c1ccc(O)cc1.CCc1nc2ncccn2c1C(=O)c1ccc(OC)cc1.Nc1ncccn1. The number of fused-ring (bicyclic) bond motifs is 3. The zero-order chi connectivity index (χ0) is 66.7. The summed E-state index contributed by atoms with van der Waals surface area (Å²) in [5, 5.41) is 19.1. The molecule has 7 aromatic heterocycles. The van der Waals surface area contributed by atoms with Gasteiger partial charge in [-0.2, -0.15) is 0 Å². The molecule has 0 atom stereocenters. The second kappa shape index (κ2) is 37.8. The zero-order valence-corrected chi connectivity index (χ0v) is 60.6. The van der Waals surface area contributed by atoms with E-state index in [-0.39, 0.29) is 50.0 Å². The van der Waals surface area contributed by atoms with Crippen LogP contribution in [0.4, 0.5) is 5.95 Å². The summed E-state index contributed by atoms with van der Waals surface area (Å²) in [5.41, 5.74) is 11.0. The van der Waals surface area contributed by atoms with Gasteiger partial charge >= 0.3 is 3.18 Å². The first kappa shape index (κ1) is 74.3. The molecule has 7 heterocycles. The van der Waals surface area contributed by atoms with E-state index in [0.717, 1.165) is 17.1 Å². The topological polar surface area (TPSA) is 287 Å². The first-order valence-corrected chi connectivity index (χ1v) is 35.3. The molecule has 11 rings (SSSR count). The molecule has 21 nitrogen and oxygen atoms in total. The molecule has 0 bridgehead atoms. The number of rotatable bonds is 15. The van der Waals surface area contributed by atoms with Crippen molar-refractivity contribution in [2.24, 2.45) is 0 Å². The molecule has 0 saturated carbocycles. The van der Waals surface area contributed by atoms with E-state index in [2.05, 4.69) is 147 Å². The van der Waals surface area contributed by atoms with Crippen molar-refractivity contribution in [2.75, 3.05) is 20.0 Å². The number of halogens is 7. The Hall–Kier alpha value is -7.41. The number of benzene rings is 4. The minimum absolute atomic E-state index is 0.0111. The first-order chi connectivity index (χ1) is 43.8. The van der Waals surface area contributed by atoms with Crippen molar-refractivity contribution in [2.45, 2.75) is 59.8 Å².